The Morgan fingerprint density at radius 1 is 0.848 bits per heavy atom. The third kappa shape index (κ3) is 6.38. The third-order valence-corrected chi connectivity index (χ3v) is 7.19. The van der Waals surface area contributed by atoms with Crippen molar-refractivity contribution in [1.82, 2.24) is 0 Å². The molecule has 0 heterocycles. The molecule has 0 fully saturated rings. The van der Waals surface area contributed by atoms with Gasteiger partial charge in [-0.15, -0.1) is 0 Å². The number of amides is 1. The zero-order valence-corrected chi connectivity index (χ0v) is 20.5. The second kappa shape index (κ2) is 9.60. The Labute approximate surface area is 202 Å². The van der Waals surface area contributed by atoms with Crippen LogP contribution in [0.3, 0.4) is 0 Å². The topological polar surface area (TPSA) is 121 Å². The molecule has 0 bridgehead atoms. The second-order valence-electron chi connectivity index (χ2n) is 7.09. The lowest BCUT2D eigenvalue weighted by Gasteiger charge is -2.12. The number of nitrogens with one attached hydrogen (secondary N) is 3. The number of carbonyl (C=O) groups is 1. The van der Waals surface area contributed by atoms with E-state index in [0.29, 0.717) is 22.5 Å². The Bertz CT molecular complexity index is 1420. The summed E-state index contributed by atoms with van der Waals surface area (Å²) in [5.74, 6) is -0.441. The maximum absolute atomic E-state index is 12.6. The van der Waals surface area contributed by atoms with Crippen molar-refractivity contribution in [2.75, 3.05) is 21.0 Å². The standard InChI is InChI=1S/C21H19Cl2N3O5S2/c1-13-12-14(6-11-18(13)25-32(2,28)29)21(27)24-15-7-9-16(10-8-15)33(30,31)26-19-5-3-4-17(22)20(19)23/h3-12,25-26H,1-2H3,(H,24,27). The van der Waals surface area contributed by atoms with Gasteiger partial charge in [0.05, 0.1) is 32.6 Å². The second-order valence-corrected chi connectivity index (χ2v) is 11.3. The Morgan fingerprint density at radius 2 is 1.52 bits per heavy atom. The molecule has 0 aromatic heterocycles. The van der Waals surface area contributed by atoms with Crippen LogP contribution in [0.25, 0.3) is 0 Å². The van der Waals surface area contributed by atoms with Gasteiger partial charge in [0.15, 0.2) is 0 Å². The quantitative estimate of drug-likeness (QED) is 0.410. The lowest BCUT2D eigenvalue weighted by atomic mass is 10.1. The molecule has 12 heteroatoms. The number of hydrogen-bond donors (Lipinski definition) is 3. The van der Waals surface area contributed by atoms with E-state index in [4.69, 9.17) is 23.2 Å². The van der Waals surface area contributed by atoms with Crippen LogP contribution in [0.4, 0.5) is 17.1 Å². The molecule has 0 atom stereocenters. The third-order valence-electron chi connectivity index (χ3n) is 4.40. The monoisotopic (exact) mass is 527 g/mol. The van der Waals surface area contributed by atoms with E-state index in [1.165, 1.54) is 48.5 Å². The zero-order valence-electron chi connectivity index (χ0n) is 17.4. The highest BCUT2D eigenvalue weighted by atomic mass is 35.5. The highest BCUT2D eigenvalue weighted by molar-refractivity contribution is 7.92. The summed E-state index contributed by atoms with van der Waals surface area (Å²) in [7, 11) is -7.38. The summed E-state index contributed by atoms with van der Waals surface area (Å²) in [6.45, 7) is 1.67. The number of sulfonamides is 2. The van der Waals surface area contributed by atoms with Crippen LogP contribution in [-0.4, -0.2) is 29.0 Å². The van der Waals surface area contributed by atoms with E-state index in [1.807, 2.05) is 0 Å². The molecule has 33 heavy (non-hydrogen) atoms. The number of aryl methyl sites for hydroxylation is 1. The summed E-state index contributed by atoms with van der Waals surface area (Å²) in [5, 5.41) is 2.96. The first-order chi connectivity index (χ1) is 15.4. The number of hydrogen-bond acceptors (Lipinski definition) is 5. The average molecular weight is 528 g/mol. The lowest BCUT2D eigenvalue weighted by Crippen LogP contribution is -2.15. The normalized spacial score (nSPS) is 11.6. The van der Waals surface area contributed by atoms with Crippen LogP contribution in [0, 0.1) is 6.92 Å². The van der Waals surface area contributed by atoms with Gasteiger partial charge in [0.1, 0.15) is 0 Å². The number of rotatable bonds is 7. The van der Waals surface area contributed by atoms with E-state index in [1.54, 1.807) is 19.1 Å². The van der Waals surface area contributed by atoms with E-state index in [9.17, 15) is 21.6 Å². The fraction of sp³-hybridized carbons (Fsp3) is 0.0952. The van der Waals surface area contributed by atoms with Crippen molar-refractivity contribution >= 4 is 66.2 Å². The van der Waals surface area contributed by atoms with Gasteiger partial charge in [0.25, 0.3) is 15.9 Å². The maximum Gasteiger partial charge on any atom is 0.261 e. The van der Waals surface area contributed by atoms with Crippen molar-refractivity contribution in [3.05, 3.63) is 81.8 Å². The first kappa shape index (κ1) is 24.8. The van der Waals surface area contributed by atoms with Gasteiger partial charge in [-0.2, -0.15) is 0 Å². The molecule has 8 nitrogen and oxygen atoms in total. The van der Waals surface area contributed by atoms with E-state index in [-0.39, 0.29) is 20.6 Å². The van der Waals surface area contributed by atoms with Gasteiger partial charge in [0, 0.05) is 11.3 Å². The molecule has 0 spiro atoms. The van der Waals surface area contributed by atoms with Crippen LogP contribution in [0.2, 0.25) is 10.0 Å². The molecule has 3 aromatic carbocycles. The largest absolute Gasteiger partial charge is 0.322 e. The average Bonchev–Trinajstić information content (AvgIpc) is 2.72. The Balaban J connectivity index is 1.73. The van der Waals surface area contributed by atoms with Gasteiger partial charge in [-0.25, -0.2) is 16.8 Å². The molecule has 3 N–H and O–H groups in total. The summed E-state index contributed by atoms with van der Waals surface area (Å²) in [5.41, 5.74) is 1.76. The molecule has 3 aromatic rings. The predicted octanol–water partition coefficient (Wildman–Crippen LogP) is 4.73. The Hall–Kier alpha value is -2.79. The predicted molar refractivity (Wildman–Crippen MR) is 131 cm³/mol. The van der Waals surface area contributed by atoms with Crippen LogP contribution >= 0.6 is 23.2 Å². The Kier molecular flexibility index (Phi) is 7.23. The zero-order chi connectivity index (χ0) is 24.4. The van der Waals surface area contributed by atoms with Crippen LogP contribution in [0.15, 0.2) is 65.6 Å². The molecular formula is C21H19Cl2N3O5S2. The van der Waals surface area contributed by atoms with E-state index >= 15 is 0 Å². The molecule has 174 valence electrons. The summed E-state index contributed by atoms with van der Waals surface area (Å²) >= 11 is 12.0. The molecule has 0 radical (unpaired) electrons. The van der Waals surface area contributed by atoms with Crippen molar-refractivity contribution in [2.24, 2.45) is 0 Å². The molecule has 3 rings (SSSR count). The number of carbonyl (C=O) groups excluding carboxylic acids is 1. The van der Waals surface area contributed by atoms with Crippen molar-refractivity contribution in [3.63, 3.8) is 0 Å². The van der Waals surface area contributed by atoms with Crippen LogP contribution in [0.5, 0.6) is 0 Å². The van der Waals surface area contributed by atoms with Crippen LogP contribution < -0.4 is 14.8 Å². The summed E-state index contributed by atoms with van der Waals surface area (Å²) in [4.78, 5) is 12.5. The van der Waals surface area contributed by atoms with E-state index in [2.05, 4.69) is 14.8 Å². The van der Waals surface area contributed by atoms with Crippen molar-refractivity contribution in [2.45, 2.75) is 11.8 Å². The highest BCUT2D eigenvalue weighted by Crippen LogP contribution is 2.31. The summed E-state index contributed by atoms with van der Waals surface area (Å²) < 4.78 is 52.8. The smallest absolute Gasteiger partial charge is 0.261 e. The highest BCUT2D eigenvalue weighted by Gasteiger charge is 2.17. The van der Waals surface area contributed by atoms with E-state index < -0.39 is 26.0 Å². The molecule has 0 aliphatic heterocycles. The fourth-order valence-electron chi connectivity index (χ4n) is 2.83. The summed E-state index contributed by atoms with van der Waals surface area (Å²) in [6, 6.07) is 14.7. The minimum absolute atomic E-state index is 0.0383. The molecule has 1 amide bonds. The van der Waals surface area contributed by atoms with E-state index in [0.717, 1.165) is 6.26 Å². The van der Waals surface area contributed by atoms with Crippen molar-refractivity contribution in [1.29, 1.82) is 0 Å². The van der Waals surface area contributed by atoms with Gasteiger partial charge >= 0.3 is 0 Å². The van der Waals surface area contributed by atoms with Gasteiger partial charge < -0.3 is 5.32 Å². The van der Waals surface area contributed by atoms with Crippen molar-refractivity contribution in [3.8, 4) is 0 Å². The van der Waals surface area contributed by atoms with Crippen LogP contribution in [-0.2, 0) is 20.0 Å². The number of benzene rings is 3. The molecule has 0 saturated heterocycles. The maximum atomic E-state index is 12.6. The number of anilines is 3. The lowest BCUT2D eigenvalue weighted by molar-refractivity contribution is 0.102. The van der Waals surface area contributed by atoms with Crippen LogP contribution in [0.1, 0.15) is 15.9 Å². The molecule has 0 saturated carbocycles. The SMILES string of the molecule is Cc1cc(C(=O)Nc2ccc(S(=O)(=O)Nc3cccc(Cl)c3Cl)cc2)ccc1NS(C)(=O)=O. The number of halogens is 2. The van der Waals surface area contributed by atoms with Gasteiger partial charge in [-0.05, 0) is 67.1 Å². The molecule has 0 aliphatic rings. The van der Waals surface area contributed by atoms with Gasteiger partial charge in [-0.1, -0.05) is 29.3 Å². The first-order valence-corrected chi connectivity index (χ1v) is 13.5. The minimum atomic E-state index is -3.94. The molecule has 0 unspecified atom stereocenters. The van der Waals surface area contributed by atoms with Crippen molar-refractivity contribution < 1.29 is 21.6 Å². The minimum Gasteiger partial charge on any atom is -0.322 e. The molecule has 0 aliphatic carbocycles. The first-order valence-electron chi connectivity index (χ1n) is 9.32. The summed E-state index contributed by atoms with van der Waals surface area (Å²) in [6.07, 6.45) is 1.04. The molecular weight excluding hydrogens is 509 g/mol. The van der Waals surface area contributed by atoms with Gasteiger partial charge in [-0.3, -0.25) is 14.2 Å². The van der Waals surface area contributed by atoms with Gasteiger partial charge in [0.2, 0.25) is 10.0 Å². The fourth-order valence-corrected chi connectivity index (χ4v) is 4.93. The Morgan fingerprint density at radius 3 is 2.12 bits per heavy atom.